The fourth-order valence-electron chi connectivity index (χ4n) is 4.94. The van der Waals surface area contributed by atoms with Crippen LogP contribution in [0.5, 0.6) is 0 Å². The third-order valence-corrected chi connectivity index (χ3v) is 7.06. The van der Waals surface area contributed by atoms with E-state index in [9.17, 15) is 14.7 Å². The van der Waals surface area contributed by atoms with Gasteiger partial charge in [0, 0.05) is 29.4 Å². The lowest BCUT2D eigenvalue weighted by Crippen LogP contribution is -2.31. The summed E-state index contributed by atoms with van der Waals surface area (Å²) in [6, 6.07) is 24.0. The second kappa shape index (κ2) is 8.43. The number of benzene rings is 3. The predicted molar refractivity (Wildman–Crippen MR) is 125 cm³/mol. The van der Waals surface area contributed by atoms with Crippen molar-refractivity contribution in [2.75, 3.05) is 19.7 Å². The van der Waals surface area contributed by atoms with Crippen LogP contribution in [0.4, 0.5) is 4.79 Å². The molecule has 1 fully saturated rings. The maximum absolute atomic E-state index is 12.9. The number of amides is 1. The van der Waals surface area contributed by atoms with Crippen LogP contribution in [0, 0.1) is 5.92 Å². The fraction of sp³-hybridized carbons (Fsp3) is 0.231. The molecule has 5 rings (SSSR count). The first kappa shape index (κ1) is 20.8. The van der Waals surface area contributed by atoms with Gasteiger partial charge in [0.25, 0.3) is 0 Å². The molecule has 5 nitrogen and oxygen atoms in total. The summed E-state index contributed by atoms with van der Waals surface area (Å²) < 4.78 is 6.67. The van der Waals surface area contributed by atoms with Crippen molar-refractivity contribution < 1.29 is 19.4 Å². The number of carbonyl (C=O) groups is 2. The highest BCUT2D eigenvalue weighted by atomic mass is 79.9. The van der Waals surface area contributed by atoms with Crippen molar-refractivity contribution >= 4 is 28.0 Å². The van der Waals surface area contributed by atoms with Crippen LogP contribution in [-0.2, 0) is 9.53 Å². The van der Waals surface area contributed by atoms with Crippen LogP contribution in [0.1, 0.15) is 28.5 Å². The quantitative estimate of drug-likeness (QED) is 0.523. The van der Waals surface area contributed by atoms with Crippen LogP contribution < -0.4 is 0 Å². The largest absolute Gasteiger partial charge is 0.481 e. The van der Waals surface area contributed by atoms with Crippen LogP contribution in [0.25, 0.3) is 11.1 Å². The number of halogens is 1. The minimum Gasteiger partial charge on any atom is -0.481 e. The summed E-state index contributed by atoms with van der Waals surface area (Å²) in [6.07, 6.45) is -0.460. The Labute approximate surface area is 194 Å². The topological polar surface area (TPSA) is 66.8 Å². The summed E-state index contributed by atoms with van der Waals surface area (Å²) in [6.45, 7) is 0.700. The van der Waals surface area contributed by atoms with E-state index in [1.165, 1.54) is 16.0 Å². The van der Waals surface area contributed by atoms with E-state index in [0.717, 1.165) is 21.2 Å². The zero-order valence-corrected chi connectivity index (χ0v) is 18.9. The SMILES string of the molecule is O=C(O)[C@H]1CN(C(=O)OCC2c3ccccc3-c3ccccc32)C[C@@H]1c1ccc(Br)cc1. The van der Waals surface area contributed by atoms with Crippen LogP contribution in [0.15, 0.2) is 77.3 Å². The van der Waals surface area contributed by atoms with Crippen molar-refractivity contribution in [3.8, 4) is 11.1 Å². The number of carboxylic acid groups (broad SMARTS) is 1. The Morgan fingerprint density at radius 1 is 0.906 bits per heavy atom. The zero-order chi connectivity index (χ0) is 22.2. The molecular weight excluding hydrogens is 470 g/mol. The number of carbonyl (C=O) groups excluding carboxylic acids is 1. The fourth-order valence-corrected chi connectivity index (χ4v) is 5.20. The Bertz CT molecular complexity index is 1130. The molecule has 0 unspecified atom stereocenters. The Hall–Kier alpha value is -3.12. The first-order valence-electron chi connectivity index (χ1n) is 10.6. The molecule has 1 N–H and O–H groups in total. The predicted octanol–water partition coefficient (Wildman–Crippen LogP) is 5.50. The first-order valence-corrected chi connectivity index (χ1v) is 11.4. The smallest absolute Gasteiger partial charge is 0.409 e. The molecule has 2 aliphatic rings. The summed E-state index contributed by atoms with van der Waals surface area (Å²) in [4.78, 5) is 26.3. The van der Waals surface area contributed by atoms with Gasteiger partial charge in [0.2, 0.25) is 0 Å². The molecule has 0 bridgehead atoms. The van der Waals surface area contributed by atoms with Gasteiger partial charge in [0.05, 0.1) is 5.92 Å². The van der Waals surface area contributed by atoms with E-state index in [0.29, 0.717) is 6.54 Å². The highest BCUT2D eigenvalue weighted by Gasteiger charge is 2.41. The molecule has 1 saturated heterocycles. The van der Waals surface area contributed by atoms with E-state index in [2.05, 4.69) is 40.2 Å². The summed E-state index contributed by atoms with van der Waals surface area (Å²) in [5.41, 5.74) is 5.56. The summed E-state index contributed by atoms with van der Waals surface area (Å²) in [7, 11) is 0. The van der Waals surface area contributed by atoms with Gasteiger partial charge < -0.3 is 14.7 Å². The van der Waals surface area contributed by atoms with Gasteiger partial charge in [-0.2, -0.15) is 0 Å². The molecule has 1 aliphatic heterocycles. The molecule has 162 valence electrons. The van der Waals surface area contributed by atoms with Crippen LogP contribution in [-0.4, -0.2) is 41.8 Å². The maximum atomic E-state index is 12.9. The number of aliphatic carboxylic acids is 1. The van der Waals surface area contributed by atoms with Gasteiger partial charge in [-0.1, -0.05) is 76.6 Å². The molecule has 0 saturated carbocycles. The van der Waals surface area contributed by atoms with Gasteiger partial charge >= 0.3 is 12.1 Å². The van der Waals surface area contributed by atoms with E-state index < -0.39 is 18.0 Å². The standard InChI is InChI=1S/C26H22BrNO4/c27-17-11-9-16(10-12-17)22-13-28(14-23(22)25(29)30)26(31)32-15-24-20-7-3-1-5-18(20)19-6-2-4-8-21(19)24/h1-12,22-24H,13-15H2,(H,29,30)/t22-,23+/m1/s1. The Morgan fingerprint density at radius 2 is 1.50 bits per heavy atom. The molecule has 6 heteroatoms. The van der Waals surface area contributed by atoms with Gasteiger partial charge in [0.1, 0.15) is 6.61 Å². The Balaban J connectivity index is 1.32. The van der Waals surface area contributed by atoms with Crippen molar-refractivity contribution in [1.29, 1.82) is 0 Å². The molecule has 32 heavy (non-hydrogen) atoms. The molecule has 2 atom stereocenters. The lowest BCUT2D eigenvalue weighted by molar-refractivity contribution is -0.141. The number of rotatable bonds is 4. The van der Waals surface area contributed by atoms with Crippen molar-refractivity contribution in [2.24, 2.45) is 5.92 Å². The van der Waals surface area contributed by atoms with Gasteiger partial charge in [-0.25, -0.2) is 4.79 Å². The molecule has 1 aliphatic carbocycles. The number of fused-ring (bicyclic) bond motifs is 3. The lowest BCUT2D eigenvalue weighted by atomic mass is 9.89. The summed E-state index contributed by atoms with van der Waals surface area (Å²) in [5.74, 6) is -1.84. The van der Waals surface area contributed by atoms with E-state index >= 15 is 0 Å². The van der Waals surface area contributed by atoms with Gasteiger partial charge in [-0.3, -0.25) is 4.79 Å². The van der Waals surface area contributed by atoms with E-state index in [1.807, 2.05) is 48.5 Å². The zero-order valence-electron chi connectivity index (χ0n) is 17.3. The van der Waals surface area contributed by atoms with E-state index in [1.54, 1.807) is 0 Å². The second-order valence-corrected chi connectivity index (χ2v) is 9.23. The van der Waals surface area contributed by atoms with Gasteiger partial charge in [0.15, 0.2) is 0 Å². The van der Waals surface area contributed by atoms with Crippen LogP contribution >= 0.6 is 15.9 Å². The van der Waals surface area contributed by atoms with Gasteiger partial charge in [-0.15, -0.1) is 0 Å². The number of carboxylic acids is 1. The minimum absolute atomic E-state index is 0.0218. The van der Waals surface area contributed by atoms with E-state index in [4.69, 9.17) is 4.74 Å². The maximum Gasteiger partial charge on any atom is 0.409 e. The van der Waals surface area contributed by atoms with Gasteiger partial charge in [-0.05, 0) is 39.9 Å². The monoisotopic (exact) mass is 491 g/mol. The highest BCUT2D eigenvalue weighted by molar-refractivity contribution is 9.10. The molecule has 0 spiro atoms. The van der Waals surface area contributed by atoms with Crippen LogP contribution in [0.2, 0.25) is 0 Å². The number of ether oxygens (including phenoxy) is 1. The normalized spacial score (nSPS) is 19.5. The molecule has 3 aromatic carbocycles. The molecule has 1 amide bonds. The van der Waals surface area contributed by atoms with Crippen LogP contribution in [0.3, 0.4) is 0 Å². The Kier molecular flexibility index (Phi) is 5.47. The van der Waals surface area contributed by atoms with Crippen molar-refractivity contribution in [1.82, 2.24) is 4.90 Å². The Morgan fingerprint density at radius 3 is 2.09 bits per heavy atom. The second-order valence-electron chi connectivity index (χ2n) is 8.31. The number of nitrogens with zero attached hydrogens (tertiary/aromatic N) is 1. The van der Waals surface area contributed by atoms with Crippen molar-refractivity contribution in [3.05, 3.63) is 94.0 Å². The third-order valence-electron chi connectivity index (χ3n) is 6.53. The minimum atomic E-state index is -0.896. The lowest BCUT2D eigenvalue weighted by Gasteiger charge is -2.19. The molecule has 0 radical (unpaired) electrons. The highest BCUT2D eigenvalue weighted by Crippen LogP contribution is 2.44. The first-order chi connectivity index (χ1) is 15.5. The average Bonchev–Trinajstić information content (AvgIpc) is 3.39. The molecule has 3 aromatic rings. The average molecular weight is 492 g/mol. The summed E-state index contributed by atoms with van der Waals surface area (Å²) in [5, 5.41) is 9.73. The summed E-state index contributed by atoms with van der Waals surface area (Å²) >= 11 is 3.41. The van der Waals surface area contributed by atoms with Crippen molar-refractivity contribution in [3.63, 3.8) is 0 Å². The third kappa shape index (κ3) is 3.69. The number of hydrogen-bond donors (Lipinski definition) is 1. The molecular formula is C26H22BrNO4. The molecule has 0 aromatic heterocycles. The van der Waals surface area contributed by atoms with Crippen molar-refractivity contribution in [2.45, 2.75) is 11.8 Å². The molecule has 1 heterocycles. The number of hydrogen-bond acceptors (Lipinski definition) is 3. The number of likely N-dealkylation sites (tertiary alicyclic amines) is 1. The van der Waals surface area contributed by atoms with E-state index in [-0.39, 0.29) is 25.0 Å².